The number of rotatable bonds is 6. The van der Waals surface area contributed by atoms with E-state index in [0.29, 0.717) is 0 Å². The van der Waals surface area contributed by atoms with Crippen LogP contribution in [0.5, 0.6) is 5.75 Å². The van der Waals surface area contributed by atoms with Crippen LogP contribution < -0.4 is 10.1 Å². The Kier molecular flexibility index (Phi) is 4.91. The zero-order chi connectivity index (χ0) is 11.1. The third kappa shape index (κ3) is 3.76. The van der Waals surface area contributed by atoms with Gasteiger partial charge in [0, 0.05) is 0 Å². The predicted molar refractivity (Wildman–Crippen MR) is 64.4 cm³/mol. The van der Waals surface area contributed by atoms with E-state index in [2.05, 4.69) is 18.0 Å². The fourth-order valence-electron chi connectivity index (χ4n) is 1.51. The molecule has 0 atom stereocenters. The molecule has 15 heavy (non-hydrogen) atoms. The Hall–Kier alpha value is -1.28. The lowest BCUT2D eigenvalue weighted by molar-refractivity contribution is 0.410. The molecule has 0 spiro atoms. The Balaban J connectivity index is 2.59. The molecule has 0 amide bonds. The van der Waals surface area contributed by atoms with E-state index in [-0.39, 0.29) is 0 Å². The molecular formula is C13H19NO. The second kappa shape index (κ2) is 6.25. The number of hydrogen-bond donors (Lipinski definition) is 1. The Morgan fingerprint density at radius 1 is 1.40 bits per heavy atom. The van der Waals surface area contributed by atoms with E-state index < -0.39 is 0 Å². The molecule has 0 heterocycles. The Bertz CT molecular complexity index is 320. The van der Waals surface area contributed by atoms with Crippen molar-refractivity contribution in [2.75, 3.05) is 20.7 Å². The summed E-state index contributed by atoms with van der Waals surface area (Å²) >= 11 is 0. The van der Waals surface area contributed by atoms with Gasteiger partial charge in [0.15, 0.2) is 0 Å². The SMILES string of the molecule is C=C(CCNC)Cc1ccccc1OC. The number of hydrogen-bond acceptors (Lipinski definition) is 2. The summed E-state index contributed by atoms with van der Waals surface area (Å²) in [6.45, 7) is 5.05. The van der Waals surface area contributed by atoms with Gasteiger partial charge in [0.2, 0.25) is 0 Å². The van der Waals surface area contributed by atoms with Gasteiger partial charge in [-0.05, 0) is 38.1 Å². The van der Waals surface area contributed by atoms with Crippen molar-refractivity contribution in [3.63, 3.8) is 0 Å². The van der Waals surface area contributed by atoms with Gasteiger partial charge in [-0.2, -0.15) is 0 Å². The summed E-state index contributed by atoms with van der Waals surface area (Å²) in [7, 11) is 3.66. The number of nitrogens with one attached hydrogen (secondary N) is 1. The fourth-order valence-corrected chi connectivity index (χ4v) is 1.51. The lowest BCUT2D eigenvalue weighted by Gasteiger charge is -2.09. The maximum Gasteiger partial charge on any atom is 0.122 e. The number of ether oxygens (including phenoxy) is 1. The van der Waals surface area contributed by atoms with Crippen LogP contribution in [0.15, 0.2) is 36.4 Å². The van der Waals surface area contributed by atoms with Crippen LogP contribution in [0.25, 0.3) is 0 Å². The van der Waals surface area contributed by atoms with Gasteiger partial charge in [-0.15, -0.1) is 0 Å². The highest BCUT2D eigenvalue weighted by Crippen LogP contribution is 2.20. The van der Waals surface area contributed by atoms with E-state index in [4.69, 9.17) is 4.74 Å². The van der Waals surface area contributed by atoms with Crippen molar-refractivity contribution in [2.45, 2.75) is 12.8 Å². The van der Waals surface area contributed by atoms with Crippen LogP contribution in [-0.2, 0) is 6.42 Å². The van der Waals surface area contributed by atoms with Gasteiger partial charge in [-0.3, -0.25) is 0 Å². The zero-order valence-corrected chi connectivity index (χ0v) is 9.55. The van der Waals surface area contributed by atoms with Gasteiger partial charge in [0.05, 0.1) is 7.11 Å². The third-order valence-electron chi connectivity index (χ3n) is 2.36. The fraction of sp³-hybridized carbons (Fsp3) is 0.385. The van der Waals surface area contributed by atoms with Crippen LogP contribution in [0.1, 0.15) is 12.0 Å². The van der Waals surface area contributed by atoms with Crippen LogP contribution >= 0.6 is 0 Å². The first-order valence-electron chi connectivity index (χ1n) is 5.21. The lowest BCUT2D eigenvalue weighted by atomic mass is 10.0. The highest BCUT2D eigenvalue weighted by Gasteiger charge is 2.03. The second-order valence-electron chi connectivity index (χ2n) is 3.59. The van der Waals surface area contributed by atoms with Crippen molar-refractivity contribution in [3.05, 3.63) is 42.0 Å². The van der Waals surface area contributed by atoms with Gasteiger partial charge >= 0.3 is 0 Å². The first kappa shape index (κ1) is 11.8. The molecule has 0 aliphatic rings. The van der Waals surface area contributed by atoms with E-state index in [1.807, 2.05) is 25.2 Å². The van der Waals surface area contributed by atoms with Crippen LogP contribution in [0.2, 0.25) is 0 Å². The Morgan fingerprint density at radius 2 is 2.13 bits per heavy atom. The minimum atomic E-state index is 0.895. The van der Waals surface area contributed by atoms with Crippen molar-refractivity contribution in [3.8, 4) is 5.75 Å². The van der Waals surface area contributed by atoms with Crippen LogP contribution in [0, 0.1) is 0 Å². The second-order valence-corrected chi connectivity index (χ2v) is 3.59. The molecule has 1 aromatic carbocycles. The van der Waals surface area contributed by atoms with E-state index >= 15 is 0 Å². The number of methoxy groups -OCH3 is 1. The van der Waals surface area contributed by atoms with Crippen LogP contribution in [-0.4, -0.2) is 20.7 Å². The summed E-state index contributed by atoms with van der Waals surface area (Å²) in [6, 6.07) is 8.09. The van der Waals surface area contributed by atoms with E-state index in [1.165, 1.54) is 11.1 Å². The molecule has 0 bridgehead atoms. The molecule has 0 aliphatic heterocycles. The van der Waals surface area contributed by atoms with Gasteiger partial charge in [0.25, 0.3) is 0 Å². The highest BCUT2D eigenvalue weighted by molar-refractivity contribution is 5.35. The molecule has 0 fully saturated rings. The topological polar surface area (TPSA) is 21.3 Å². The minimum absolute atomic E-state index is 0.895. The summed E-state index contributed by atoms with van der Waals surface area (Å²) < 4.78 is 5.29. The van der Waals surface area contributed by atoms with E-state index in [0.717, 1.165) is 25.1 Å². The van der Waals surface area contributed by atoms with Crippen molar-refractivity contribution in [1.29, 1.82) is 0 Å². The van der Waals surface area contributed by atoms with Crippen LogP contribution in [0.3, 0.4) is 0 Å². The quantitative estimate of drug-likeness (QED) is 0.720. The molecule has 0 saturated heterocycles. The Morgan fingerprint density at radius 3 is 2.80 bits per heavy atom. The summed E-state index contributed by atoms with van der Waals surface area (Å²) in [5.41, 5.74) is 2.44. The minimum Gasteiger partial charge on any atom is -0.496 e. The summed E-state index contributed by atoms with van der Waals surface area (Å²) in [5, 5.41) is 3.12. The Labute approximate surface area is 92.0 Å². The summed E-state index contributed by atoms with van der Waals surface area (Å²) in [6.07, 6.45) is 1.90. The van der Waals surface area contributed by atoms with E-state index in [9.17, 15) is 0 Å². The molecule has 0 aliphatic carbocycles. The van der Waals surface area contributed by atoms with Gasteiger partial charge in [0.1, 0.15) is 5.75 Å². The maximum absolute atomic E-state index is 5.29. The summed E-state index contributed by atoms with van der Waals surface area (Å²) in [4.78, 5) is 0. The van der Waals surface area contributed by atoms with Crippen LogP contribution in [0.4, 0.5) is 0 Å². The average Bonchev–Trinajstić information content (AvgIpc) is 2.27. The van der Waals surface area contributed by atoms with Crippen molar-refractivity contribution >= 4 is 0 Å². The summed E-state index contributed by atoms with van der Waals surface area (Å²) in [5.74, 6) is 0.947. The maximum atomic E-state index is 5.29. The van der Waals surface area contributed by atoms with Crippen molar-refractivity contribution < 1.29 is 4.74 Å². The first-order chi connectivity index (χ1) is 7.27. The largest absolute Gasteiger partial charge is 0.496 e. The number of benzene rings is 1. The number of para-hydroxylation sites is 1. The molecule has 0 saturated carbocycles. The predicted octanol–water partition coefficient (Wildman–Crippen LogP) is 2.40. The smallest absolute Gasteiger partial charge is 0.122 e. The molecule has 2 nitrogen and oxygen atoms in total. The van der Waals surface area contributed by atoms with Gasteiger partial charge in [-0.25, -0.2) is 0 Å². The third-order valence-corrected chi connectivity index (χ3v) is 2.36. The molecule has 1 N–H and O–H groups in total. The van der Waals surface area contributed by atoms with Gasteiger partial charge < -0.3 is 10.1 Å². The molecule has 0 radical (unpaired) electrons. The first-order valence-corrected chi connectivity index (χ1v) is 5.21. The standard InChI is InChI=1S/C13H19NO/c1-11(8-9-14-2)10-12-6-4-5-7-13(12)15-3/h4-7,14H,1,8-10H2,2-3H3. The monoisotopic (exact) mass is 205 g/mol. The molecule has 0 unspecified atom stereocenters. The molecule has 0 aromatic heterocycles. The van der Waals surface area contributed by atoms with Crippen molar-refractivity contribution in [1.82, 2.24) is 5.32 Å². The van der Waals surface area contributed by atoms with Gasteiger partial charge in [-0.1, -0.05) is 30.4 Å². The molecule has 82 valence electrons. The molecule has 1 rings (SSSR count). The van der Waals surface area contributed by atoms with E-state index in [1.54, 1.807) is 7.11 Å². The highest BCUT2D eigenvalue weighted by atomic mass is 16.5. The normalized spacial score (nSPS) is 10.0. The lowest BCUT2D eigenvalue weighted by Crippen LogP contribution is -2.09. The molecule has 2 heteroatoms. The molecule has 1 aromatic rings. The zero-order valence-electron chi connectivity index (χ0n) is 9.55. The van der Waals surface area contributed by atoms with Crippen molar-refractivity contribution in [2.24, 2.45) is 0 Å². The average molecular weight is 205 g/mol. The molecular weight excluding hydrogens is 186 g/mol.